The van der Waals surface area contributed by atoms with E-state index in [4.69, 9.17) is 10.5 Å². The van der Waals surface area contributed by atoms with Crippen LogP contribution in [-0.4, -0.2) is 48.7 Å². The van der Waals surface area contributed by atoms with Gasteiger partial charge in [-0.25, -0.2) is 18.3 Å². The summed E-state index contributed by atoms with van der Waals surface area (Å²) < 4.78 is 33.7. The largest absolute Gasteiger partial charge is 0.492 e. The van der Waals surface area contributed by atoms with Gasteiger partial charge in [-0.2, -0.15) is 4.31 Å². The number of benzene rings is 3. The molecule has 1 heterocycles. The average molecular weight is 468 g/mol. The van der Waals surface area contributed by atoms with Crippen molar-refractivity contribution in [3.8, 4) is 16.9 Å². The van der Waals surface area contributed by atoms with Crippen LogP contribution in [0.2, 0.25) is 0 Å². The number of sulfonamides is 1. The van der Waals surface area contributed by atoms with Crippen LogP contribution in [0.1, 0.15) is 11.1 Å². The van der Waals surface area contributed by atoms with Crippen LogP contribution in [-0.2, 0) is 23.0 Å². The zero-order valence-electron chi connectivity index (χ0n) is 17.9. The Hall–Kier alpha value is -3.40. The predicted molar refractivity (Wildman–Crippen MR) is 123 cm³/mol. The maximum atomic E-state index is 13.3. The van der Waals surface area contributed by atoms with Crippen molar-refractivity contribution in [3.63, 3.8) is 0 Å². The maximum Gasteiger partial charge on any atom is 0.338 e. The molecule has 0 saturated carbocycles. The Morgan fingerprint density at radius 3 is 2.55 bits per heavy atom. The van der Waals surface area contributed by atoms with Gasteiger partial charge in [0.05, 0.1) is 11.4 Å². The minimum Gasteiger partial charge on any atom is -0.492 e. The van der Waals surface area contributed by atoms with Crippen LogP contribution in [0.25, 0.3) is 11.1 Å². The third-order valence-electron chi connectivity index (χ3n) is 5.56. The highest BCUT2D eigenvalue weighted by Crippen LogP contribution is 2.32. The Labute approximate surface area is 192 Å². The lowest BCUT2D eigenvalue weighted by molar-refractivity contribution is -0.0464. The van der Waals surface area contributed by atoms with Gasteiger partial charge in [-0.05, 0) is 46.9 Å². The first-order valence-electron chi connectivity index (χ1n) is 10.5. The molecule has 0 saturated heterocycles. The number of hydroxylamine groups is 2. The minimum absolute atomic E-state index is 0.0212. The molecule has 1 aliphatic rings. The Morgan fingerprint density at radius 1 is 1.06 bits per heavy atom. The number of nitrogens with two attached hydrogens (primary N) is 1. The summed E-state index contributed by atoms with van der Waals surface area (Å²) in [5, 5.41) is 9.66. The second-order valence-electron chi connectivity index (χ2n) is 7.69. The number of rotatable bonds is 7. The Balaban J connectivity index is 1.51. The van der Waals surface area contributed by atoms with Crippen LogP contribution in [0.5, 0.6) is 5.75 Å². The lowest BCUT2D eigenvalue weighted by atomic mass is 9.99. The number of carbonyl (C=O) groups is 1. The summed E-state index contributed by atoms with van der Waals surface area (Å²) in [6.07, 6.45) is 0.548. The minimum atomic E-state index is -3.67. The molecule has 1 aliphatic heterocycles. The van der Waals surface area contributed by atoms with Crippen LogP contribution >= 0.6 is 0 Å². The van der Waals surface area contributed by atoms with E-state index in [1.165, 1.54) is 4.31 Å². The lowest BCUT2D eigenvalue weighted by Crippen LogP contribution is -2.37. The van der Waals surface area contributed by atoms with Crippen molar-refractivity contribution >= 4 is 16.1 Å². The summed E-state index contributed by atoms with van der Waals surface area (Å²) >= 11 is 0. The van der Waals surface area contributed by atoms with E-state index in [1.807, 2.05) is 54.6 Å². The van der Waals surface area contributed by atoms with Crippen LogP contribution < -0.4 is 10.5 Å². The smallest absolute Gasteiger partial charge is 0.338 e. The standard InChI is InChI=1S/C24H25N3O5S/c25-24(28)27(29)14-15-32-21-10-11-23-19(16-21)12-13-26(33(23,30)31)17-20-8-4-5-9-22(20)18-6-2-1-3-7-18/h1-11,16,29H,12-15,17H2,(H2,25,28). The second-order valence-corrected chi connectivity index (χ2v) is 9.60. The van der Waals surface area contributed by atoms with E-state index in [0.29, 0.717) is 29.3 Å². The third kappa shape index (κ3) is 5.00. The van der Waals surface area contributed by atoms with E-state index in [-0.39, 0.29) is 24.6 Å². The highest BCUT2D eigenvalue weighted by atomic mass is 32.2. The Morgan fingerprint density at radius 2 is 1.79 bits per heavy atom. The zero-order chi connectivity index (χ0) is 23.4. The molecule has 4 rings (SSSR count). The molecule has 2 amide bonds. The molecular weight excluding hydrogens is 442 g/mol. The summed E-state index contributed by atoms with van der Waals surface area (Å²) in [4.78, 5) is 11.1. The summed E-state index contributed by atoms with van der Waals surface area (Å²) in [7, 11) is -3.67. The third-order valence-corrected chi connectivity index (χ3v) is 7.50. The maximum absolute atomic E-state index is 13.3. The van der Waals surface area contributed by atoms with Crippen LogP contribution in [0.15, 0.2) is 77.7 Å². The lowest BCUT2D eigenvalue weighted by Gasteiger charge is -2.29. The first-order chi connectivity index (χ1) is 15.9. The highest BCUT2D eigenvalue weighted by Gasteiger charge is 2.32. The monoisotopic (exact) mass is 467 g/mol. The van der Waals surface area contributed by atoms with Crippen molar-refractivity contribution in [2.24, 2.45) is 5.73 Å². The number of ether oxygens (including phenoxy) is 1. The Kier molecular flexibility index (Phi) is 6.64. The number of nitrogens with zero attached hydrogens (tertiary/aromatic N) is 2. The number of carbonyl (C=O) groups excluding carboxylic acids is 1. The van der Waals surface area contributed by atoms with Crippen molar-refractivity contribution in [2.45, 2.75) is 17.9 Å². The van der Waals surface area contributed by atoms with Crippen molar-refractivity contribution in [1.29, 1.82) is 0 Å². The fraction of sp³-hybridized carbons (Fsp3) is 0.208. The highest BCUT2D eigenvalue weighted by molar-refractivity contribution is 7.89. The van der Waals surface area contributed by atoms with Crippen molar-refractivity contribution in [3.05, 3.63) is 83.9 Å². The molecule has 33 heavy (non-hydrogen) atoms. The first-order valence-corrected chi connectivity index (χ1v) is 12.0. The second kappa shape index (κ2) is 9.62. The van der Waals surface area contributed by atoms with Crippen LogP contribution in [0.3, 0.4) is 0 Å². The number of hydrogen-bond acceptors (Lipinski definition) is 5. The van der Waals surface area contributed by atoms with Gasteiger partial charge >= 0.3 is 6.03 Å². The van der Waals surface area contributed by atoms with Gasteiger partial charge in [-0.15, -0.1) is 0 Å². The molecule has 3 aromatic rings. The van der Waals surface area contributed by atoms with E-state index in [0.717, 1.165) is 16.7 Å². The number of primary amides is 1. The van der Waals surface area contributed by atoms with Crippen LogP contribution in [0, 0.1) is 0 Å². The predicted octanol–water partition coefficient (Wildman–Crippen LogP) is 3.25. The summed E-state index contributed by atoms with van der Waals surface area (Å²) in [6.45, 7) is 0.561. The fourth-order valence-corrected chi connectivity index (χ4v) is 5.52. The van der Waals surface area contributed by atoms with Crippen LogP contribution in [0.4, 0.5) is 4.79 Å². The Bertz CT molecular complexity index is 1250. The van der Waals surface area contributed by atoms with Gasteiger partial charge in [0, 0.05) is 13.1 Å². The number of fused-ring (bicyclic) bond motifs is 1. The molecular formula is C24H25N3O5S. The van der Waals surface area contributed by atoms with Crippen molar-refractivity contribution in [1.82, 2.24) is 9.37 Å². The first kappa shape index (κ1) is 22.8. The molecule has 0 bridgehead atoms. The number of hydrogen-bond donors (Lipinski definition) is 2. The van der Waals surface area contributed by atoms with Gasteiger partial charge in [0.1, 0.15) is 12.4 Å². The van der Waals surface area contributed by atoms with E-state index in [2.05, 4.69) is 0 Å². The quantitative estimate of drug-likeness (QED) is 0.409. The molecule has 0 radical (unpaired) electrons. The van der Waals surface area contributed by atoms with Gasteiger partial charge in [-0.3, -0.25) is 5.21 Å². The zero-order valence-corrected chi connectivity index (χ0v) is 18.7. The molecule has 3 N–H and O–H groups in total. The van der Waals surface area contributed by atoms with Crippen molar-refractivity contribution in [2.75, 3.05) is 19.7 Å². The van der Waals surface area contributed by atoms with E-state index < -0.39 is 16.1 Å². The SMILES string of the molecule is NC(=O)N(O)CCOc1ccc2c(c1)CCN(Cc1ccccc1-c1ccccc1)S2(=O)=O. The average Bonchev–Trinajstić information content (AvgIpc) is 2.81. The molecule has 0 unspecified atom stereocenters. The molecule has 3 aromatic carbocycles. The van der Waals surface area contributed by atoms with Gasteiger partial charge in [-0.1, -0.05) is 54.6 Å². The van der Waals surface area contributed by atoms with Gasteiger partial charge in [0.2, 0.25) is 10.0 Å². The molecule has 0 atom stereocenters. The van der Waals surface area contributed by atoms with Gasteiger partial charge in [0.25, 0.3) is 0 Å². The molecule has 0 aliphatic carbocycles. The van der Waals surface area contributed by atoms with Crippen molar-refractivity contribution < 1.29 is 23.2 Å². The molecule has 8 nitrogen and oxygen atoms in total. The summed E-state index contributed by atoms with van der Waals surface area (Å²) in [5.74, 6) is 0.463. The molecule has 0 fully saturated rings. The topological polar surface area (TPSA) is 113 Å². The number of amides is 2. The van der Waals surface area contributed by atoms with E-state index in [1.54, 1.807) is 18.2 Å². The molecule has 0 aromatic heterocycles. The molecule has 0 spiro atoms. The number of urea groups is 1. The van der Waals surface area contributed by atoms with Gasteiger partial charge in [0.15, 0.2) is 0 Å². The van der Waals surface area contributed by atoms with Gasteiger partial charge < -0.3 is 10.5 Å². The normalized spacial score (nSPS) is 14.9. The summed E-state index contributed by atoms with van der Waals surface area (Å²) in [5.41, 5.74) is 8.63. The summed E-state index contributed by atoms with van der Waals surface area (Å²) in [6, 6.07) is 21.6. The molecule has 172 valence electrons. The fourth-order valence-electron chi connectivity index (χ4n) is 3.87. The van der Waals surface area contributed by atoms with E-state index in [9.17, 15) is 18.4 Å². The van der Waals surface area contributed by atoms with E-state index >= 15 is 0 Å². The molecule has 9 heteroatoms.